The topological polar surface area (TPSA) is 64.7 Å². The van der Waals surface area contributed by atoms with E-state index in [9.17, 15) is 4.79 Å². The molecular formula is C22H23N5O. The highest BCUT2D eigenvalue weighted by Crippen LogP contribution is 2.16. The average molecular weight is 373 g/mol. The molecule has 6 heteroatoms. The van der Waals surface area contributed by atoms with Crippen LogP contribution in [0, 0.1) is 13.8 Å². The van der Waals surface area contributed by atoms with Crippen molar-refractivity contribution in [1.82, 2.24) is 19.6 Å². The van der Waals surface area contributed by atoms with Gasteiger partial charge in [0.05, 0.1) is 36.7 Å². The highest BCUT2D eigenvalue weighted by molar-refractivity contribution is 5.90. The zero-order chi connectivity index (χ0) is 19.5. The molecular weight excluding hydrogens is 350 g/mol. The molecule has 2 aromatic carbocycles. The fourth-order valence-electron chi connectivity index (χ4n) is 3.27. The van der Waals surface area contributed by atoms with Crippen LogP contribution in [0.2, 0.25) is 0 Å². The molecule has 0 unspecified atom stereocenters. The minimum absolute atomic E-state index is 0.0493. The van der Waals surface area contributed by atoms with E-state index < -0.39 is 0 Å². The molecule has 4 rings (SSSR count). The van der Waals surface area contributed by atoms with Gasteiger partial charge in [0.15, 0.2) is 0 Å². The number of hydrogen-bond acceptors (Lipinski definition) is 3. The summed E-state index contributed by atoms with van der Waals surface area (Å²) >= 11 is 0. The zero-order valence-electron chi connectivity index (χ0n) is 16.1. The lowest BCUT2D eigenvalue weighted by atomic mass is 10.1. The van der Waals surface area contributed by atoms with E-state index in [2.05, 4.69) is 59.7 Å². The maximum Gasteiger partial charge on any atom is 0.226 e. The van der Waals surface area contributed by atoms with Crippen LogP contribution < -0.4 is 5.32 Å². The minimum atomic E-state index is -0.0493. The Hall–Kier alpha value is -3.41. The predicted molar refractivity (Wildman–Crippen MR) is 110 cm³/mol. The number of aromatic nitrogens is 4. The van der Waals surface area contributed by atoms with E-state index in [4.69, 9.17) is 0 Å². The van der Waals surface area contributed by atoms with Crippen LogP contribution in [0.25, 0.3) is 10.9 Å². The van der Waals surface area contributed by atoms with Crippen LogP contribution in [0.15, 0.2) is 61.1 Å². The predicted octanol–water partition coefficient (Wildman–Crippen LogP) is 3.93. The van der Waals surface area contributed by atoms with Crippen molar-refractivity contribution in [3.05, 3.63) is 77.7 Å². The second-order valence-electron chi connectivity index (χ2n) is 7.08. The summed E-state index contributed by atoms with van der Waals surface area (Å²) in [6.45, 7) is 5.36. The van der Waals surface area contributed by atoms with Gasteiger partial charge in [-0.25, -0.2) is 0 Å². The largest absolute Gasteiger partial charge is 0.323 e. The summed E-state index contributed by atoms with van der Waals surface area (Å²) in [6, 6.07) is 14.4. The van der Waals surface area contributed by atoms with Crippen LogP contribution in [0.1, 0.15) is 23.1 Å². The lowest BCUT2D eigenvalue weighted by Gasteiger charge is -2.06. The first-order valence-electron chi connectivity index (χ1n) is 9.37. The molecule has 1 amide bonds. The zero-order valence-corrected chi connectivity index (χ0v) is 16.1. The Balaban J connectivity index is 1.36. The van der Waals surface area contributed by atoms with Gasteiger partial charge < -0.3 is 5.32 Å². The molecule has 0 spiro atoms. The summed E-state index contributed by atoms with van der Waals surface area (Å²) in [5, 5.41) is 12.8. The van der Waals surface area contributed by atoms with E-state index in [-0.39, 0.29) is 5.91 Å². The Morgan fingerprint density at radius 1 is 1.07 bits per heavy atom. The van der Waals surface area contributed by atoms with Gasteiger partial charge in [-0.3, -0.25) is 14.2 Å². The summed E-state index contributed by atoms with van der Waals surface area (Å²) in [5.41, 5.74) is 5.38. The Kier molecular flexibility index (Phi) is 4.93. The molecule has 0 aliphatic heterocycles. The monoisotopic (exact) mass is 373 g/mol. The van der Waals surface area contributed by atoms with Gasteiger partial charge in [0, 0.05) is 18.0 Å². The standard InChI is InChI=1S/C22H23N5O/c1-16-7-8-18-12-24-27(21(18)11-16)10-9-22(28)25-20-13-23-26(15-20)14-19-6-4-3-5-17(19)2/h3-8,11-13,15H,9-10,14H2,1-2H3,(H,25,28). The highest BCUT2D eigenvalue weighted by atomic mass is 16.1. The number of amides is 1. The van der Waals surface area contributed by atoms with Crippen molar-refractivity contribution in [1.29, 1.82) is 0 Å². The molecule has 0 saturated carbocycles. The lowest BCUT2D eigenvalue weighted by molar-refractivity contribution is -0.116. The molecule has 1 N–H and O–H groups in total. The van der Waals surface area contributed by atoms with Crippen LogP contribution in [-0.4, -0.2) is 25.5 Å². The first-order valence-corrected chi connectivity index (χ1v) is 9.37. The van der Waals surface area contributed by atoms with E-state index >= 15 is 0 Å². The second kappa shape index (κ2) is 7.68. The lowest BCUT2D eigenvalue weighted by Crippen LogP contribution is -2.14. The van der Waals surface area contributed by atoms with Gasteiger partial charge in [-0.05, 0) is 36.6 Å². The molecule has 0 saturated heterocycles. The number of hydrogen-bond donors (Lipinski definition) is 1. The minimum Gasteiger partial charge on any atom is -0.323 e. The van der Waals surface area contributed by atoms with Gasteiger partial charge >= 0.3 is 0 Å². The van der Waals surface area contributed by atoms with Crippen molar-refractivity contribution in [2.75, 3.05) is 5.32 Å². The van der Waals surface area contributed by atoms with Crippen LogP contribution >= 0.6 is 0 Å². The number of anilines is 1. The third-order valence-corrected chi connectivity index (χ3v) is 4.86. The number of aryl methyl sites for hydroxylation is 3. The number of carbonyl (C=O) groups is 1. The van der Waals surface area contributed by atoms with Crippen molar-refractivity contribution >= 4 is 22.5 Å². The first kappa shape index (κ1) is 18.0. The summed E-state index contributed by atoms with van der Waals surface area (Å²) in [6.07, 6.45) is 5.73. The van der Waals surface area contributed by atoms with E-state index in [1.54, 1.807) is 6.20 Å². The molecule has 142 valence electrons. The quantitative estimate of drug-likeness (QED) is 0.557. The number of fused-ring (bicyclic) bond motifs is 1. The fourth-order valence-corrected chi connectivity index (χ4v) is 3.27. The SMILES string of the molecule is Cc1ccc2cnn(CCC(=O)Nc3cnn(Cc4ccccc4C)c3)c2c1. The number of nitrogens with zero attached hydrogens (tertiary/aromatic N) is 4. The maximum atomic E-state index is 12.3. The second-order valence-corrected chi connectivity index (χ2v) is 7.08. The van der Waals surface area contributed by atoms with Crippen molar-refractivity contribution < 1.29 is 4.79 Å². The Bertz CT molecular complexity index is 1120. The first-order chi connectivity index (χ1) is 13.6. The summed E-state index contributed by atoms with van der Waals surface area (Å²) < 4.78 is 3.71. The van der Waals surface area contributed by atoms with E-state index in [1.807, 2.05) is 33.9 Å². The maximum absolute atomic E-state index is 12.3. The summed E-state index contributed by atoms with van der Waals surface area (Å²) in [7, 11) is 0. The molecule has 0 fully saturated rings. The summed E-state index contributed by atoms with van der Waals surface area (Å²) in [4.78, 5) is 12.3. The number of nitrogens with one attached hydrogen (secondary N) is 1. The van der Waals surface area contributed by atoms with Gasteiger partial charge in [0.1, 0.15) is 0 Å². The molecule has 0 radical (unpaired) electrons. The van der Waals surface area contributed by atoms with Crippen LogP contribution in [0.5, 0.6) is 0 Å². The van der Waals surface area contributed by atoms with Gasteiger partial charge in [0.2, 0.25) is 5.91 Å². The van der Waals surface area contributed by atoms with Gasteiger partial charge in [0.25, 0.3) is 0 Å². The Labute approximate surface area is 163 Å². The van der Waals surface area contributed by atoms with Crippen molar-refractivity contribution in [2.24, 2.45) is 0 Å². The molecule has 4 aromatic rings. The van der Waals surface area contributed by atoms with Crippen LogP contribution in [0.3, 0.4) is 0 Å². The molecule has 0 bridgehead atoms. The van der Waals surface area contributed by atoms with E-state index in [1.165, 1.54) is 16.7 Å². The molecule has 2 aromatic heterocycles. The third kappa shape index (κ3) is 3.96. The molecule has 0 atom stereocenters. The van der Waals surface area contributed by atoms with E-state index in [0.717, 1.165) is 10.9 Å². The third-order valence-electron chi connectivity index (χ3n) is 4.86. The van der Waals surface area contributed by atoms with E-state index in [0.29, 0.717) is 25.2 Å². The number of carbonyl (C=O) groups excluding carboxylic acids is 1. The van der Waals surface area contributed by atoms with Crippen molar-refractivity contribution in [3.63, 3.8) is 0 Å². The molecule has 28 heavy (non-hydrogen) atoms. The fraction of sp³-hybridized carbons (Fsp3) is 0.227. The molecule has 6 nitrogen and oxygen atoms in total. The normalized spacial score (nSPS) is 11.1. The number of benzene rings is 2. The van der Waals surface area contributed by atoms with Crippen molar-refractivity contribution in [3.8, 4) is 0 Å². The smallest absolute Gasteiger partial charge is 0.226 e. The average Bonchev–Trinajstić information content (AvgIpc) is 3.28. The van der Waals surface area contributed by atoms with Gasteiger partial charge in [-0.2, -0.15) is 10.2 Å². The van der Waals surface area contributed by atoms with Crippen molar-refractivity contribution in [2.45, 2.75) is 33.4 Å². The molecule has 0 aliphatic rings. The Morgan fingerprint density at radius 3 is 2.79 bits per heavy atom. The van der Waals surface area contributed by atoms with Gasteiger partial charge in [-0.15, -0.1) is 0 Å². The van der Waals surface area contributed by atoms with Crippen LogP contribution in [-0.2, 0) is 17.9 Å². The van der Waals surface area contributed by atoms with Gasteiger partial charge in [-0.1, -0.05) is 36.4 Å². The Morgan fingerprint density at radius 2 is 1.93 bits per heavy atom. The van der Waals surface area contributed by atoms with Crippen LogP contribution in [0.4, 0.5) is 5.69 Å². The highest BCUT2D eigenvalue weighted by Gasteiger charge is 2.08. The molecule has 0 aliphatic carbocycles. The molecule has 2 heterocycles. The summed E-state index contributed by atoms with van der Waals surface area (Å²) in [5.74, 6) is -0.0493. The number of rotatable bonds is 6.